The van der Waals surface area contributed by atoms with Crippen LogP contribution in [-0.2, 0) is 22.2 Å². The van der Waals surface area contributed by atoms with Gasteiger partial charge in [0.2, 0.25) is 11.5 Å². The van der Waals surface area contributed by atoms with Crippen molar-refractivity contribution < 1.29 is 27.8 Å². The fraction of sp³-hybridized carbons (Fsp3) is 0.733. The van der Waals surface area contributed by atoms with Crippen LogP contribution < -0.4 is 10.6 Å². The normalized spacial score (nSPS) is 19.7. The van der Waals surface area contributed by atoms with E-state index in [2.05, 4.69) is 15.6 Å². The number of nitrogens with zero attached hydrogens (tertiary/aromatic N) is 2. The van der Waals surface area contributed by atoms with Crippen molar-refractivity contribution in [2.75, 3.05) is 26.2 Å². The Morgan fingerprint density at radius 1 is 1.50 bits per heavy atom. The van der Waals surface area contributed by atoms with Gasteiger partial charge in [-0.15, -0.1) is 12.4 Å². The van der Waals surface area contributed by atoms with Crippen LogP contribution >= 0.6 is 12.4 Å². The first-order chi connectivity index (χ1) is 11.7. The second-order valence-corrected chi connectivity index (χ2v) is 6.09. The zero-order valence-electron chi connectivity index (χ0n) is 14.4. The number of alkyl halides is 3. The standard InChI is InChI=1S/C15H23F3N4O3.ClH/c1-22-7-6-21-13(22)14(24,15(16,17)18)4-5-20-12(23)10-19-9-11-3-2-8-25-11;/h6-7,11,19,24H,2-5,8-10H2,1H3,(H,20,23);1H. The van der Waals surface area contributed by atoms with Crippen molar-refractivity contribution in [3.8, 4) is 0 Å². The van der Waals surface area contributed by atoms with Crippen molar-refractivity contribution in [1.29, 1.82) is 0 Å². The Bertz CT molecular complexity index is 579. The second-order valence-electron chi connectivity index (χ2n) is 6.09. The number of carbonyl (C=O) groups excluding carboxylic acids is 1. The first-order valence-electron chi connectivity index (χ1n) is 8.10. The molecule has 2 unspecified atom stereocenters. The molecule has 2 rings (SSSR count). The van der Waals surface area contributed by atoms with Crippen LogP contribution in [0.4, 0.5) is 13.2 Å². The predicted octanol–water partition coefficient (Wildman–Crippen LogP) is 0.867. The van der Waals surface area contributed by atoms with Gasteiger partial charge in [0, 0.05) is 45.6 Å². The molecule has 1 aliphatic rings. The van der Waals surface area contributed by atoms with E-state index < -0.39 is 29.9 Å². The molecule has 0 bridgehead atoms. The summed E-state index contributed by atoms with van der Waals surface area (Å²) in [6, 6.07) is 0. The molecule has 1 aromatic heterocycles. The molecule has 150 valence electrons. The number of hydrogen-bond acceptors (Lipinski definition) is 5. The van der Waals surface area contributed by atoms with Gasteiger partial charge in [0.1, 0.15) is 5.82 Å². The summed E-state index contributed by atoms with van der Waals surface area (Å²) in [4.78, 5) is 15.3. The maximum Gasteiger partial charge on any atom is 0.424 e. The number of imidazole rings is 1. The Morgan fingerprint density at radius 2 is 2.23 bits per heavy atom. The lowest BCUT2D eigenvalue weighted by atomic mass is 9.97. The smallest absolute Gasteiger partial charge is 0.377 e. The molecule has 1 amide bonds. The molecule has 0 radical (unpaired) electrons. The molecule has 2 atom stereocenters. The monoisotopic (exact) mass is 400 g/mol. The van der Waals surface area contributed by atoms with Gasteiger partial charge in [-0.05, 0) is 12.8 Å². The number of ether oxygens (including phenoxy) is 1. The summed E-state index contributed by atoms with van der Waals surface area (Å²) in [7, 11) is 1.37. The average Bonchev–Trinajstić information content (AvgIpc) is 3.17. The summed E-state index contributed by atoms with van der Waals surface area (Å²) in [5, 5.41) is 15.4. The van der Waals surface area contributed by atoms with E-state index in [4.69, 9.17) is 4.74 Å². The third kappa shape index (κ3) is 5.57. The van der Waals surface area contributed by atoms with Gasteiger partial charge in [-0.25, -0.2) is 4.98 Å². The lowest BCUT2D eigenvalue weighted by molar-refractivity contribution is -0.272. The molecule has 0 aromatic carbocycles. The highest BCUT2D eigenvalue weighted by Crippen LogP contribution is 2.40. The molecule has 11 heteroatoms. The lowest BCUT2D eigenvalue weighted by Gasteiger charge is -2.30. The van der Waals surface area contributed by atoms with Crippen LogP contribution in [0, 0.1) is 0 Å². The van der Waals surface area contributed by atoms with E-state index >= 15 is 0 Å². The third-order valence-corrected chi connectivity index (χ3v) is 4.15. The molecule has 7 nitrogen and oxygen atoms in total. The molecule has 0 spiro atoms. The Balaban J connectivity index is 0.00000338. The van der Waals surface area contributed by atoms with Gasteiger partial charge in [0.15, 0.2) is 0 Å². The Labute approximate surface area is 155 Å². The first kappa shape index (κ1) is 22.7. The van der Waals surface area contributed by atoms with Crippen LogP contribution in [-0.4, -0.2) is 59.1 Å². The first-order valence-corrected chi connectivity index (χ1v) is 8.10. The highest BCUT2D eigenvalue weighted by molar-refractivity contribution is 5.85. The maximum absolute atomic E-state index is 13.3. The van der Waals surface area contributed by atoms with Gasteiger partial charge in [-0.1, -0.05) is 0 Å². The summed E-state index contributed by atoms with van der Waals surface area (Å²) in [6.07, 6.45) is -1.14. The summed E-state index contributed by atoms with van der Waals surface area (Å²) in [5.74, 6) is -0.951. The maximum atomic E-state index is 13.3. The summed E-state index contributed by atoms with van der Waals surface area (Å²) in [6.45, 7) is 0.880. The van der Waals surface area contributed by atoms with Crippen molar-refractivity contribution in [1.82, 2.24) is 20.2 Å². The number of aromatic nitrogens is 2. The summed E-state index contributed by atoms with van der Waals surface area (Å²) in [5.41, 5.74) is -3.12. The van der Waals surface area contributed by atoms with Crippen LogP contribution in [0.1, 0.15) is 25.1 Å². The van der Waals surface area contributed by atoms with E-state index in [0.29, 0.717) is 13.2 Å². The van der Waals surface area contributed by atoms with Crippen molar-refractivity contribution in [3.63, 3.8) is 0 Å². The average molecular weight is 401 g/mol. The van der Waals surface area contributed by atoms with Gasteiger partial charge in [0.25, 0.3) is 0 Å². The van der Waals surface area contributed by atoms with E-state index in [1.165, 1.54) is 19.4 Å². The Morgan fingerprint density at radius 3 is 2.77 bits per heavy atom. The molecule has 2 heterocycles. The minimum absolute atomic E-state index is 0. The summed E-state index contributed by atoms with van der Waals surface area (Å²) >= 11 is 0. The minimum Gasteiger partial charge on any atom is -0.377 e. The second kappa shape index (κ2) is 9.54. The van der Waals surface area contributed by atoms with Crippen LogP contribution in [0.15, 0.2) is 12.4 Å². The molecule has 1 saturated heterocycles. The molecule has 26 heavy (non-hydrogen) atoms. The molecule has 1 aliphatic heterocycles. The van der Waals surface area contributed by atoms with Crippen LogP contribution in [0.5, 0.6) is 0 Å². The van der Waals surface area contributed by atoms with Crippen molar-refractivity contribution in [2.24, 2.45) is 7.05 Å². The van der Waals surface area contributed by atoms with Crippen LogP contribution in [0.25, 0.3) is 0 Å². The topological polar surface area (TPSA) is 88.4 Å². The van der Waals surface area contributed by atoms with Crippen LogP contribution in [0.3, 0.4) is 0 Å². The minimum atomic E-state index is -4.91. The van der Waals surface area contributed by atoms with Gasteiger partial charge in [0.05, 0.1) is 12.6 Å². The fourth-order valence-corrected chi connectivity index (χ4v) is 2.74. The van der Waals surface area contributed by atoms with Crippen LogP contribution in [0.2, 0.25) is 0 Å². The van der Waals surface area contributed by atoms with Gasteiger partial charge >= 0.3 is 6.18 Å². The molecule has 3 N–H and O–H groups in total. The van der Waals surface area contributed by atoms with Crippen molar-refractivity contribution in [2.45, 2.75) is 37.1 Å². The number of hydrogen-bond donors (Lipinski definition) is 3. The number of carbonyl (C=O) groups is 1. The predicted molar refractivity (Wildman–Crippen MR) is 89.9 cm³/mol. The van der Waals surface area contributed by atoms with E-state index in [-0.39, 0.29) is 31.6 Å². The molecule has 0 saturated carbocycles. The van der Waals surface area contributed by atoms with Gasteiger partial charge in [-0.2, -0.15) is 13.2 Å². The number of aliphatic hydroxyl groups is 1. The SMILES string of the molecule is Cl.Cn1ccnc1C(O)(CCNC(=O)CNCC1CCCO1)C(F)(F)F. The fourth-order valence-electron chi connectivity index (χ4n) is 2.74. The highest BCUT2D eigenvalue weighted by Gasteiger charge is 2.57. The van der Waals surface area contributed by atoms with Crippen molar-refractivity contribution in [3.05, 3.63) is 18.2 Å². The molecular weight excluding hydrogens is 377 g/mol. The highest BCUT2D eigenvalue weighted by atomic mass is 35.5. The number of amides is 1. The van der Waals surface area contributed by atoms with E-state index in [0.717, 1.165) is 17.4 Å². The largest absolute Gasteiger partial charge is 0.424 e. The van der Waals surface area contributed by atoms with E-state index in [9.17, 15) is 23.1 Å². The quantitative estimate of drug-likeness (QED) is 0.602. The third-order valence-electron chi connectivity index (χ3n) is 4.15. The van der Waals surface area contributed by atoms with E-state index in [1.807, 2.05) is 0 Å². The van der Waals surface area contributed by atoms with Gasteiger partial charge in [-0.3, -0.25) is 4.79 Å². The van der Waals surface area contributed by atoms with Gasteiger partial charge < -0.3 is 25.0 Å². The zero-order valence-corrected chi connectivity index (χ0v) is 15.2. The molecule has 1 fully saturated rings. The number of aryl methyl sites for hydroxylation is 1. The Hall–Kier alpha value is -1.36. The number of nitrogens with one attached hydrogen (secondary N) is 2. The summed E-state index contributed by atoms with van der Waals surface area (Å²) < 4.78 is 46.4. The Kier molecular flexibility index (Phi) is 8.32. The molecule has 1 aromatic rings. The molecular formula is C15H24ClF3N4O3. The number of rotatable bonds is 8. The molecule has 0 aliphatic carbocycles. The van der Waals surface area contributed by atoms with E-state index in [1.54, 1.807) is 0 Å². The lowest BCUT2D eigenvalue weighted by Crippen LogP contribution is -2.47. The number of halogens is 4. The van der Waals surface area contributed by atoms with Crippen molar-refractivity contribution >= 4 is 18.3 Å². The zero-order chi connectivity index (χ0) is 18.5.